The topological polar surface area (TPSA) is 59.9 Å². The predicted octanol–water partition coefficient (Wildman–Crippen LogP) is 5.32. The van der Waals surface area contributed by atoms with Crippen molar-refractivity contribution in [3.8, 4) is 11.5 Å². The Balaban J connectivity index is 1.49. The van der Waals surface area contributed by atoms with Gasteiger partial charge in [0.2, 0.25) is 5.91 Å². The van der Waals surface area contributed by atoms with Crippen molar-refractivity contribution in [2.45, 2.75) is 44.9 Å². The molecule has 154 valence electrons. The number of ether oxygens (including phenoxy) is 2. The summed E-state index contributed by atoms with van der Waals surface area (Å²) in [5.74, 6) is 1.92. The minimum atomic E-state index is -0.242. The molecule has 1 aliphatic rings. The van der Waals surface area contributed by atoms with E-state index in [2.05, 4.69) is 22.7 Å². The highest BCUT2D eigenvalue weighted by atomic mass is 35.5. The molecular weight excluding hydrogens is 388 g/mol. The number of hydrogen-bond acceptors (Lipinski definition) is 4. The van der Waals surface area contributed by atoms with Crippen LogP contribution in [0.1, 0.15) is 56.1 Å². The van der Waals surface area contributed by atoms with E-state index in [1.807, 2.05) is 12.1 Å². The Bertz CT molecular complexity index is 831. The van der Waals surface area contributed by atoms with Gasteiger partial charge in [0.15, 0.2) is 0 Å². The molecule has 5 nitrogen and oxygen atoms in total. The molecule has 0 aromatic heterocycles. The van der Waals surface area contributed by atoms with E-state index in [1.165, 1.54) is 50.8 Å². The molecule has 0 bridgehead atoms. The normalized spacial score (nSPS) is 14.7. The molecule has 3 rings (SSSR count). The largest absolute Gasteiger partial charge is 0.490 e. The molecule has 0 aliphatic heterocycles. The lowest BCUT2D eigenvalue weighted by Gasteiger charge is -2.22. The van der Waals surface area contributed by atoms with Gasteiger partial charge in [-0.15, -0.1) is 0 Å². The number of carbonyl (C=O) groups excluding carboxylic acids is 1. The van der Waals surface area contributed by atoms with Gasteiger partial charge in [-0.05, 0) is 54.7 Å². The molecule has 2 aromatic rings. The van der Waals surface area contributed by atoms with Crippen molar-refractivity contribution in [2.75, 3.05) is 13.2 Å². The minimum Gasteiger partial charge on any atom is -0.490 e. The fraction of sp³-hybridized carbons (Fsp3) is 0.391. The number of benzene rings is 2. The Labute approximate surface area is 177 Å². The first-order valence-corrected chi connectivity index (χ1v) is 10.4. The van der Waals surface area contributed by atoms with Crippen LogP contribution >= 0.6 is 11.6 Å². The highest BCUT2D eigenvalue weighted by Gasteiger charge is 2.15. The predicted molar refractivity (Wildman–Crippen MR) is 116 cm³/mol. The first-order chi connectivity index (χ1) is 14.1. The van der Waals surface area contributed by atoms with E-state index in [4.69, 9.17) is 21.1 Å². The van der Waals surface area contributed by atoms with Crippen molar-refractivity contribution in [1.29, 1.82) is 0 Å². The molecule has 29 heavy (non-hydrogen) atoms. The second-order valence-corrected chi connectivity index (χ2v) is 7.65. The molecule has 1 fully saturated rings. The van der Waals surface area contributed by atoms with Crippen LogP contribution in [0.25, 0.3) is 0 Å². The van der Waals surface area contributed by atoms with Crippen molar-refractivity contribution in [3.63, 3.8) is 0 Å². The summed E-state index contributed by atoms with van der Waals surface area (Å²) in [5, 5.41) is 4.44. The van der Waals surface area contributed by atoms with Gasteiger partial charge in [0, 0.05) is 17.5 Å². The molecule has 6 heteroatoms. The van der Waals surface area contributed by atoms with E-state index in [0.29, 0.717) is 35.5 Å². The van der Waals surface area contributed by atoms with Gasteiger partial charge < -0.3 is 9.47 Å². The lowest BCUT2D eigenvalue weighted by atomic mass is 9.84. The minimum absolute atomic E-state index is 0.242. The molecule has 0 unspecified atom stereocenters. The first kappa shape index (κ1) is 21.2. The summed E-state index contributed by atoms with van der Waals surface area (Å²) < 4.78 is 11.6. The molecule has 0 heterocycles. The maximum absolute atomic E-state index is 10.9. The third-order valence-electron chi connectivity index (χ3n) is 4.96. The summed E-state index contributed by atoms with van der Waals surface area (Å²) in [6.07, 6.45) is 8.13. The molecule has 0 atom stereocenters. The third-order valence-corrected chi connectivity index (χ3v) is 5.20. The van der Waals surface area contributed by atoms with Gasteiger partial charge in [-0.2, -0.15) is 5.10 Å². The molecule has 0 spiro atoms. The zero-order chi connectivity index (χ0) is 20.5. The van der Waals surface area contributed by atoms with Crippen molar-refractivity contribution >= 4 is 23.7 Å². The molecule has 0 saturated heterocycles. The Morgan fingerprint density at radius 1 is 1.10 bits per heavy atom. The average molecular weight is 415 g/mol. The Kier molecular flexibility index (Phi) is 7.94. The summed E-state index contributed by atoms with van der Waals surface area (Å²) in [6, 6.07) is 13.7. The van der Waals surface area contributed by atoms with Crippen molar-refractivity contribution in [2.24, 2.45) is 5.10 Å². The zero-order valence-corrected chi connectivity index (χ0v) is 17.5. The van der Waals surface area contributed by atoms with Gasteiger partial charge in [0.25, 0.3) is 0 Å². The molecule has 1 amide bonds. The molecule has 1 aliphatic carbocycles. The summed E-state index contributed by atoms with van der Waals surface area (Å²) in [4.78, 5) is 10.9. The van der Waals surface area contributed by atoms with E-state index in [9.17, 15) is 4.79 Å². The van der Waals surface area contributed by atoms with Crippen LogP contribution in [0.15, 0.2) is 47.6 Å². The van der Waals surface area contributed by atoms with E-state index < -0.39 is 0 Å². The van der Waals surface area contributed by atoms with Gasteiger partial charge in [-0.3, -0.25) is 4.79 Å². The molecule has 1 saturated carbocycles. The van der Waals surface area contributed by atoms with E-state index in [-0.39, 0.29) is 5.91 Å². The Morgan fingerprint density at radius 3 is 2.55 bits per heavy atom. The maximum atomic E-state index is 10.9. The number of carbonyl (C=O) groups is 1. The summed E-state index contributed by atoms with van der Waals surface area (Å²) in [6.45, 7) is 2.20. The molecule has 1 N–H and O–H groups in total. The summed E-state index contributed by atoms with van der Waals surface area (Å²) in [5.41, 5.74) is 4.46. The lowest BCUT2D eigenvalue weighted by molar-refractivity contribution is -0.118. The fourth-order valence-electron chi connectivity index (χ4n) is 3.53. The Hall–Kier alpha value is -2.53. The van der Waals surface area contributed by atoms with Gasteiger partial charge in [0.1, 0.15) is 24.7 Å². The van der Waals surface area contributed by atoms with Crippen LogP contribution in [0.4, 0.5) is 0 Å². The number of rotatable bonds is 8. The summed E-state index contributed by atoms with van der Waals surface area (Å²) >= 11 is 6.04. The highest BCUT2D eigenvalue weighted by Crippen LogP contribution is 2.33. The number of hydrogen-bond donors (Lipinski definition) is 1. The van der Waals surface area contributed by atoms with Crippen LogP contribution in [0.5, 0.6) is 11.5 Å². The SMILES string of the molecule is CC(=O)N/N=C/c1cc(Cl)ccc1OCCOc1ccc(C2CCCCC2)cc1. The van der Waals surface area contributed by atoms with Gasteiger partial charge in [-0.25, -0.2) is 5.43 Å². The van der Waals surface area contributed by atoms with Crippen LogP contribution in [0.2, 0.25) is 5.02 Å². The number of amides is 1. The highest BCUT2D eigenvalue weighted by molar-refractivity contribution is 6.30. The fourth-order valence-corrected chi connectivity index (χ4v) is 3.71. The number of halogens is 1. The van der Waals surface area contributed by atoms with E-state index in [0.717, 1.165) is 5.75 Å². The number of nitrogens with one attached hydrogen (secondary N) is 1. The second kappa shape index (κ2) is 10.9. The van der Waals surface area contributed by atoms with E-state index in [1.54, 1.807) is 18.2 Å². The van der Waals surface area contributed by atoms with Gasteiger partial charge in [-0.1, -0.05) is 43.0 Å². The van der Waals surface area contributed by atoms with Gasteiger partial charge in [0.05, 0.1) is 6.21 Å². The first-order valence-electron chi connectivity index (χ1n) is 10.1. The summed E-state index contributed by atoms with van der Waals surface area (Å²) in [7, 11) is 0. The van der Waals surface area contributed by atoms with Crippen molar-refractivity contribution in [3.05, 3.63) is 58.6 Å². The molecule has 0 radical (unpaired) electrons. The van der Waals surface area contributed by atoms with Crippen LogP contribution < -0.4 is 14.9 Å². The van der Waals surface area contributed by atoms with Crippen molar-refractivity contribution in [1.82, 2.24) is 5.43 Å². The van der Waals surface area contributed by atoms with Crippen LogP contribution in [-0.2, 0) is 4.79 Å². The average Bonchev–Trinajstić information content (AvgIpc) is 2.73. The third kappa shape index (κ3) is 6.79. The van der Waals surface area contributed by atoms with Gasteiger partial charge >= 0.3 is 0 Å². The zero-order valence-electron chi connectivity index (χ0n) is 16.7. The van der Waals surface area contributed by atoms with Crippen LogP contribution in [0, 0.1) is 0 Å². The molecule has 2 aromatic carbocycles. The smallest absolute Gasteiger partial charge is 0.236 e. The standard InChI is InChI=1S/C23H27ClN2O3/c1-17(27)26-25-16-20-15-21(24)9-12-23(20)29-14-13-28-22-10-7-19(8-11-22)18-5-3-2-4-6-18/h7-12,15-16,18H,2-6,13-14H2,1H3,(H,26,27)/b25-16+. The second-order valence-electron chi connectivity index (χ2n) is 7.21. The van der Waals surface area contributed by atoms with Crippen LogP contribution in [0.3, 0.4) is 0 Å². The molecular formula is C23H27ClN2O3. The number of hydrazone groups is 1. The maximum Gasteiger partial charge on any atom is 0.236 e. The lowest BCUT2D eigenvalue weighted by Crippen LogP contribution is -2.13. The van der Waals surface area contributed by atoms with Crippen LogP contribution in [-0.4, -0.2) is 25.3 Å². The Morgan fingerprint density at radius 2 is 1.83 bits per heavy atom. The van der Waals surface area contributed by atoms with Crippen molar-refractivity contribution < 1.29 is 14.3 Å². The quantitative estimate of drug-likeness (QED) is 0.361. The number of nitrogens with zero attached hydrogens (tertiary/aromatic N) is 1. The monoisotopic (exact) mass is 414 g/mol. The van der Waals surface area contributed by atoms with E-state index >= 15 is 0 Å².